The normalized spacial score (nSPS) is 21.3. The van der Waals surface area contributed by atoms with Gasteiger partial charge in [-0.15, -0.1) is 0 Å². The summed E-state index contributed by atoms with van der Waals surface area (Å²) in [7, 11) is 2.07. The zero-order valence-corrected chi connectivity index (χ0v) is 11.5. The molecular formula is C16H17N3. The third kappa shape index (κ3) is 1.73. The summed E-state index contributed by atoms with van der Waals surface area (Å²) in [5, 5.41) is 0. The topological polar surface area (TPSA) is 28.5 Å². The molecule has 1 atom stereocenters. The molecule has 0 radical (unpaired) electrons. The average Bonchev–Trinajstić information content (AvgIpc) is 2.44. The van der Waals surface area contributed by atoms with Crippen LogP contribution in [-0.2, 0) is 5.54 Å². The molecule has 1 unspecified atom stereocenters. The molecule has 0 N–H and O–H groups in total. The summed E-state index contributed by atoms with van der Waals surface area (Å²) in [5.74, 6) is 0.927. The van der Waals surface area contributed by atoms with Crippen molar-refractivity contribution in [2.75, 3.05) is 11.9 Å². The molecule has 0 spiro atoms. The lowest BCUT2D eigenvalue weighted by Gasteiger charge is -2.40. The molecule has 0 saturated heterocycles. The van der Waals surface area contributed by atoms with Crippen LogP contribution in [-0.4, -0.2) is 18.2 Å². The van der Waals surface area contributed by atoms with Crippen molar-refractivity contribution in [1.29, 1.82) is 0 Å². The Balaban J connectivity index is 2.16. The first kappa shape index (κ1) is 11.9. The quantitative estimate of drug-likeness (QED) is 0.776. The van der Waals surface area contributed by atoms with E-state index in [1.165, 1.54) is 11.1 Å². The number of aryl methyl sites for hydroxylation is 1. The average molecular weight is 251 g/mol. The standard InChI is InChI=1S/C16H17N3/c1-12-7-4-5-8-13(12)16(2)11-18-14-9-6-10-17-15(14)19(16)3/h4-11H,1-3H3. The van der Waals surface area contributed by atoms with Crippen LogP contribution in [0, 0.1) is 6.92 Å². The predicted molar refractivity (Wildman–Crippen MR) is 79.3 cm³/mol. The first-order valence-electron chi connectivity index (χ1n) is 6.43. The molecule has 1 aliphatic heterocycles. The van der Waals surface area contributed by atoms with Crippen LogP contribution in [0.1, 0.15) is 18.1 Å². The van der Waals surface area contributed by atoms with Crippen molar-refractivity contribution >= 4 is 17.7 Å². The molecule has 0 aliphatic carbocycles. The molecule has 1 aromatic heterocycles. The van der Waals surface area contributed by atoms with Gasteiger partial charge >= 0.3 is 0 Å². The maximum absolute atomic E-state index is 4.58. The highest BCUT2D eigenvalue weighted by atomic mass is 15.3. The number of hydrogen-bond donors (Lipinski definition) is 0. The lowest BCUT2D eigenvalue weighted by molar-refractivity contribution is 0.616. The molecule has 3 rings (SSSR count). The van der Waals surface area contributed by atoms with Crippen LogP contribution >= 0.6 is 0 Å². The maximum atomic E-state index is 4.58. The van der Waals surface area contributed by atoms with Gasteiger partial charge in [-0.3, -0.25) is 4.99 Å². The summed E-state index contributed by atoms with van der Waals surface area (Å²) in [6, 6.07) is 12.3. The van der Waals surface area contributed by atoms with Crippen LogP contribution in [0.2, 0.25) is 0 Å². The largest absolute Gasteiger partial charge is 0.343 e. The molecule has 3 nitrogen and oxygen atoms in total. The van der Waals surface area contributed by atoms with Crippen LogP contribution in [0.5, 0.6) is 0 Å². The number of nitrogens with zero attached hydrogens (tertiary/aromatic N) is 3. The highest BCUT2D eigenvalue weighted by Gasteiger charge is 2.35. The third-order valence-corrected chi connectivity index (χ3v) is 3.93. The van der Waals surface area contributed by atoms with E-state index in [1.807, 2.05) is 24.5 Å². The minimum absolute atomic E-state index is 0.257. The monoisotopic (exact) mass is 251 g/mol. The fourth-order valence-electron chi connectivity index (χ4n) is 2.64. The molecule has 3 heteroatoms. The number of rotatable bonds is 1. The summed E-state index contributed by atoms with van der Waals surface area (Å²) < 4.78 is 0. The fourth-order valence-corrected chi connectivity index (χ4v) is 2.64. The SMILES string of the molecule is Cc1ccccc1C1(C)C=Nc2cccnc2N1C. The number of benzene rings is 1. The van der Waals surface area contributed by atoms with Crippen molar-refractivity contribution in [3.05, 3.63) is 53.7 Å². The fraction of sp³-hybridized carbons (Fsp3) is 0.250. The van der Waals surface area contributed by atoms with Gasteiger partial charge in [-0.2, -0.15) is 0 Å². The molecule has 2 aromatic rings. The first-order chi connectivity index (χ1) is 9.13. The van der Waals surface area contributed by atoms with E-state index in [0.29, 0.717) is 0 Å². The number of hydrogen-bond acceptors (Lipinski definition) is 3. The van der Waals surface area contributed by atoms with E-state index < -0.39 is 0 Å². The van der Waals surface area contributed by atoms with Crippen molar-refractivity contribution in [2.45, 2.75) is 19.4 Å². The van der Waals surface area contributed by atoms with Gasteiger partial charge < -0.3 is 4.90 Å². The number of aliphatic imine (C=N–C) groups is 1. The van der Waals surface area contributed by atoms with E-state index in [4.69, 9.17) is 0 Å². The molecule has 0 saturated carbocycles. The third-order valence-electron chi connectivity index (χ3n) is 3.93. The Morgan fingerprint density at radius 1 is 1.11 bits per heavy atom. The van der Waals surface area contributed by atoms with Crippen LogP contribution < -0.4 is 4.90 Å². The summed E-state index contributed by atoms with van der Waals surface area (Å²) in [5.41, 5.74) is 3.20. The second kappa shape index (κ2) is 4.19. The Bertz CT molecular complexity index is 648. The van der Waals surface area contributed by atoms with Crippen molar-refractivity contribution in [3.8, 4) is 0 Å². The van der Waals surface area contributed by atoms with Gasteiger partial charge in [-0.05, 0) is 37.1 Å². The highest BCUT2D eigenvalue weighted by Crippen LogP contribution is 2.39. The second-order valence-electron chi connectivity index (χ2n) is 5.13. The van der Waals surface area contributed by atoms with Crippen molar-refractivity contribution in [3.63, 3.8) is 0 Å². The summed E-state index contributed by atoms with van der Waals surface area (Å²) in [4.78, 5) is 11.2. The van der Waals surface area contributed by atoms with E-state index in [0.717, 1.165) is 11.5 Å². The number of fused-ring (bicyclic) bond motifs is 1. The number of anilines is 1. The lowest BCUT2D eigenvalue weighted by Crippen LogP contribution is -2.45. The minimum Gasteiger partial charge on any atom is -0.343 e. The summed E-state index contributed by atoms with van der Waals surface area (Å²) in [6.45, 7) is 4.31. The molecule has 0 fully saturated rings. The van der Waals surface area contributed by atoms with Crippen LogP contribution in [0.4, 0.5) is 11.5 Å². The van der Waals surface area contributed by atoms with Gasteiger partial charge in [-0.1, -0.05) is 24.3 Å². The predicted octanol–water partition coefficient (Wildman–Crippen LogP) is 3.46. The zero-order valence-electron chi connectivity index (χ0n) is 11.5. The summed E-state index contributed by atoms with van der Waals surface area (Å²) >= 11 is 0. The lowest BCUT2D eigenvalue weighted by atomic mass is 9.87. The maximum Gasteiger partial charge on any atom is 0.155 e. The zero-order chi connectivity index (χ0) is 13.5. The van der Waals surface area contributed by atoms with Crippen molar-refractivity contribution in [2.24, 2.45) is 4.99 Å². The van der Waals surface area contributed by atoms with Gasteiger partial charge in [0.05, 0.1) is 5.54 Å². The molecule has 1 aromatic carbocycles. The molecular weight excluding hydrogens is 234 g/mol. The van der Waals surface area contributed by atoms with Gasteiger partial charge in [0.15, 0.2) is 5.82 Å². The van der Waals surface area contributed by atoms with E-state index in [1.54, 1.807) is 0 Å². The molecule has 0 amide bonds. The van der Waals surface area contributed by atoms with Crippen LogP contribution in [0.25, 0.3) is 0 Å². The van der Waals surface area contributed by atoms with Gasteiger partial charge in [0.2, 0.25) is 0 Å². The van der Waals surface area contributed by atoms with E-state index in [-0.39, 0.29) is 5.54 Å². The van der Waals surface area contributed by atoms with Gasteiger partial charge in [0, 0.05) is 19.5 Å². The van der Waals surface area contributed by atoms with Crippen molar-refractivity contribution in [1.82, 2.24) is 4.98 Å². The Kier molecular flexibility index (Phi) is 2.63. The molecule has 96 valence electrons. The Labute approximate surface area is 113 Å². The highest BCUT2D eigenvalue weighted by molar-refractivity contribution is 5.87. The van der Waals surface area contributed by atoms with Gasteiger partial charge in [0.25, 0.3) is 0 Å². The van der Waals surface area contributed by atoms with Crippen LogP contribution in [0.15, 0.2) is 47.6 Å². The van der Waals surface area contributed by atoms with Crippen molar-refractivity contribution < 1.29 is 0 Å². The number of aromatic nitrogens is 1. The Morgan fingerprint density at radius 2 is 1.89 bits per heavy atom. The number of pyridine rings is 1. The Morgan fingerprint density at radius 3 is 2.68 bits per heavy atom. The first-order valence-corrected chi connectivity index (χ1v) is 6.43. The van der Waals surface area contributed by atoms with Gasteiger partial charge in [0.1, 0.15) is 5.69 Å². The minimum atomic E-state index is -0.257. The smallest absolute Gasteiger partial charge is 0.155 e. The van der Waals surface area contributed by atoms with Crippen LogP contribution in [0.3, 0.4) is 0 Å². The van der Waals surface area contributed by atoms with E-state index >= 15 is 0 Å². The van der Waals surface area contributed by atoms with Gasteiger partial charge in [-0.25, -0.2) is 4.98 Å². The van der Waals surface area contributed by atoms with E-state index in [2.05, 4.69) is 60.0 Å². The second-order valence-corrected chi connectivity index (χ2v) is 5.13. The molecule has 1 aliphatic rings. The Hall–Kier alpha value is -2.16. The molecule has 0 bridgehead atoms. The summed E-state index contributed by atoms with van der Waals surface area (Å²) in [6.07, 6.45) is 3.83. The molecule has 19 heavy (non-hydrogen) atoms. The molecule has 2 heterocycles. The van der Waals surface area contributed by atoms with E-state index in [9.17, 15) is 0 Å².